The summed E-state index contributed by atoms with van der Waals surface area (Å²) in [5.41, 5.74) is 4.78. The van der Waals surface area contributed by atoms with E-state index in [1.54, 1.807) is 0 Å². The van der Waals surface area contributed by atoms with Gasteiger partial charge in [-0.25, -0.2) is 4.98 Å². The lowest BCUT2D eigenvalue weighted by Gasteiger charge is -2.31. The van der Waals surface area contributed by atoms with E-state index in [2.05, 4.69) is 50.2 Å². The van der Waals surface area contributed by atoms with Crippen LogP contribution in [0.25, 0.3) is 11.0 Å². The van der Waals surface area contributed by atoms with Crippen LogP contribution in [-0.2, 0) is 26.1 Å². The summed E-state index contributed by atoms with van der Waals surface area (Å²) in [7, 11) is 0. The van der Waals surface area contributed by atoms with Crippen molar-refractivity contribution < 1.29 is 0 Å². The van der Waals surface area contributed by atoms with Crippen LogP contribution < -0.4 is 5.32 Å². The van der Waals surface area contributed by atoms with Gasteiger partial charge in [-0.2, -0.15) is 5.10 Å². The molecule has 5 rings (SSSR count). The zero-order valence-corrected chi connectivity index (χ0v) is 15.8. The minimum absolute atomic E-state index is 0.668. The number of aryl methyl sites for hydroxylation is 1. The van der Waals surface area contributed by atoms with Crippen LogP contribution >= 0.6 is 0 Å². The average Bonchev–Trinajstić information content (AvgIpc) is 3.18. The first-order valence-electron chi connectivity index (χ1n) is 10.3. The molecule has 0 radical (unpaired) electrons. The maximum Gasteiger partial charge on any atom is 0.107 e. The monoisotopic (exact) mass is 364 g/mol. The van der Waals surface area contributed by atoms with Gasteiger partial charge in [-0.3, -0.25) is 9.58 Å². The molecule has 27 heavy (non-hydrogen) atoms. The molecular weight excluding hydrogens is 336 g/mol. The second kappa shape index (κ2) is 7.44. The Labute approximate surface area is 160 Å². The second-order valence-corrected chi connectivity index (χ2v) is 8.03. The summed E-state index contributed by atoms with van der Waals surface area (Å²) >= 11 is 0. The van der Waals surface area contributed by atoms with Gasteiger partial charge in [-0.15, -0.1) is 0 Å². The number of fused-ring (bicyclic) bond motifs is 2. The van der Waals surface area contributed by atoms with E-state index in [0.717, 1.165) is 62.4 Å². The number of para-hydroxylation sites is 2. The summed E-state index contributed by atoms with van der Waals surface area (Å²) in [6, 6.07) is 10.6. The van der Waals surface area contributed by atoms with Crippen LogP contribution in [-0.4, -0.2) is 44.3 Å². The molecule has 1 atom stereocenters. The number of benzene rings is 1. The highest BCUT2D eigenvalue weighted by atomic mass is 15.3. The third kappa shape index (κ3) is 3.77. The molecule has 3 aromatic rings. The Balaban J connectivity index is 1.23. The summed E-state index contributed by atoms with van der Waals surface area (Å²) < 4.78 is 2.20. The Hall–Kier alpha value is -2.18. The smallest absolute Gasteiger partial charge is 0.107 e. The van der Waals surface area contributed by atoms with Gasteiger partial charge in [0.2, 0.25) is 0 Å². The highest BCUT2D eigenvalue weighted by Gasteiger charge is 2.22. The van der Waals surface area contributed by atoms with Crippen molar-refractivity contribution >= 4 is 11.0 Å². The topological polar surface area (TPSA) is 61.8 Å². The van der Waals surface area contributed by atoms with Crippen molar-refractivity contribution in [2.45, 2.75) is 45.3 Å². The van der Waals surface area contributed by atoms with Crippen LogP contribution in [0, 0.1) is 5.92 Å². The van der Waals surface area contributed by atoms with Gasteiger partial charge in [-0.1, -0.05) is 12.1 Å². The third-order valence-corrected chi connectivity index (χ3v) is 5.85. The maximum atomic E-state index is 4.86. The molecule has 0 unspecified atom stereocenters. The summed E-state index contributed by atoms with van der Waals surface area (Å²) in [6.07, 6.45) is 4.75. The molecule has 0 saturated carbocycles. The van der Waals surface area contributed by atoms with Crippen LogP contribution in [0.1, 0.15) is 36.5 Å². The normalized spacial score (nSPS) is 21.3. The summed E-state index contributed by atoms with van der Waals surface area (Å²) in [4.78, 5) is 10.8. The lowest BCUT2D eigenvalue weighted by atomic mass is 9.94. The van der Waals surface area contributed by atoms with Crippen molar-refractivity contribution in [2.75, 3.05) is 19.6 Å². The van der Waals surface area contributed by atoms with E-state index in [9.17, 15) is 0 Å². The highest BCUT2D eigenvalue weighted by molar-refractivity contribution is 5.74. The van der Waals surface area contributed by atoms with Crippen molar-refractivity contribution in [1.29, 1.82) is 0 Å². The molecule has 2 aliphatic rings. The molecule has 2 aromatic heterocycles. The number of piperidine rings is 1. The van der Waals surface area contributed by atoms with Crippen molar-refractivity contribution in [3.8, 4) is 0 Å². The van der Waals surface area contributed by atoms with Crippen LogP contribution in [0.4, 0.5) is 0 Å². The van der Waals surface area contributed by atoms with Crippen molar-refractivity contribution in [3.05, 3.63) is 47.5 Å². The molecule has 6 nitrogen and oxygen atoms in total. The summed E-state index contributed by atoms with van der Waals surface area (Å²) in [5, 5.41) is 8.34. The molecule has 4 heterocycles. The summed E-state index contributed by atoms with van der Waals surface area (Å²) in [6.45, 7) is 6.36. The zero-order chi connectivity index (χ0) is 18.1. The molecule has 1 fully saturated rings. The maximum absolute atomic E-state index is 4.86. The van der Waals surface area contributed by atoms with Gasteiger partial charge in [0.15, 0.2) is 0 Å². The Morgan fingerprint density at radius 2 is 2.11 bits per heavy atom. The Morgan fingerprint density at radius 3 is 3.07 bits per heavy atom. The zero-order valence-electron chi connectivity index (χ0n) is 15.8. The van der Waals surface area contributed by atoms with Gasteiger partial charge in [0, 0.05) is 32.6 Å². The Morgan fingerprint density at radius 1 is 1.15 bits per heavy atom. The van der Waals surface area contributed by atoms with E-state index in [4.69, 9.17) is 10.1 Å². The molecule has 1 saturated heterocycles. The Bertz CT molecular complexity index is 854. The molecule has 2 aliphatic heterocycles. The SMILES string of the molecule is c1ccc2[nH]c(C[C@@H]3CCCN(Cc4cc5n(n4)CCCNC5)C3)nc2c1. The van der Waals surface area contributed by atoms with Gasteiger partial charge in [0.25, 0.3) is 0 Å². The first-order valence-corrected chi connectivity index (χ1v) is 10.3. The van der Waals surface area contributed by atoms with E-state index in [0.29, 0.717) is 5.92 Å². The lowest BCUT2D eigenvalue weighted by molar-refractivity contribution is 0.164. The fraction of sp³-hybridized carbons (Fsp3) is 0.524. The van der Waals surface area contributed by atoms with Crippen molar-refractivity contribution in [2.24, 2.45) is 5.92 Å². The van der Waals surface area contributed by atoms with Crippen LogP contribution in [0.3, 0.4) is 0 Å². The van der Waals surface area contributed by atoms with E-state index in [1.807, 2.05) is 0 Å². The van der Waals surface area contributed by atoms with E-state index in [1.165, 1.54) is 30.8 Å². The number of rotatable bonds is 4. The van der Waals surface area contributed by atoms with Gasteiger partial charge in [0.05, 0.1) is 22.4 Å². The molecule has 0 spiro atoms. The van der Waals surface area contributed by atoms with Gasteiger partial charge < -0.3 is 10.3 Å². The quantitative estimate of drug-likeness (QED) is 0.747. The van der Waals surface area contributed by atoms with Crippen LogP contribution in [0.5, 0.6) is 0 Å². The molecule has 2 N–H and O–H groups in total. The van der Waals surface area contributed by atoms with Crippen molar-refractivity contribution in [1.82, 2.24) is 30.0 Å². The number of imidazole rings is 1. The van der Waals surface area contributed by atoms with Gasteiger partial charge in [0.1, 0.15) is 5.82 Å². The molecule has 1 aromatic carbocycles. The number of hydrogen-bond donors (Lipinski definition) is 2. The number of nitrogens with one attached hydrogen (secondary N) is 2. The molecule has 142 valence electrons. The molecular formula is C21H28N6. The van der Waals surface area contributed by atoms with Gasteiger partial charge >= 0.3 is 0 Å². The van der Waals surface area contributed by atoms with Crippen LogP contribution in [0.15, 0.2) is 30.3 Å². The average molecular weight is 364 g/mol. The van der Waals surface area contributed by atoms with E-state index >= 15 is 0 Å². The minimum Gasteiger partial charge on any atom is -0.342 e. The minimum atomic E-state index is 0.668. The first kappa shape index (κ1) is 17.0. The van der Waals surface area contributed by atoms with Gasteiger partial charge in [-0.05, 0) is 56.5 Å². The third-order valence-electron chi connectivity index (χ3n) is 5.85. The second-order valence-electron chi connectivity index (χ2n) is 8.03. The molecule has 0 amide bonds. The van der Waals surface area contributed by atoms with Crippen LogP contribution in [0.2, 0.25) is 0 Å². The summed E-state index contributed by atoms with van der Waals surface area (Å²) in [5.74, 6) is 1.80. The number of likely N-dealkylation sites (tertiary alicyclic amines) is 1. The van der Waals surface area contributed by atoms with E-state index in [-0.39, 0.29) is 0 Å². The fourth-order valence-corrected chi connectivity index (χ4v) is 4.56. The molecule has 6 heteroatoms. The number of aromatic amines is 1. The number of nitrogens with zero attached hydrogens (tertiary/aromatic N) is 4. The predicted molar refractivity (Wildman–Crippen MR) is 106 cm³/mol. The lowest BCUT2D eigenvalue weighted by Crippen LogP contribution is -2.36. The number of H-pyrrole nitrogens is 1. The fourth-order valence-electron chi connectivity index (χ4n) is 4.56. The number of hydrogen-bond acceptors (Lipinski definition) is 4. The standard InChI is InChI=1S/C21H28N6/c1-2-7-20-19(6-1)23-21(24-20)11-16-5-3-9-26(14-16)15-17-12-18-13-22-8-4-10-27(18)25-17/h1-2,6-7,12,16,22H,3-5,8-11,13-15H2,(H,23,24)/t16-/m0/s1. The molecule has 0 bridgehead atoms. The predicted octanol–water partition coefficient (Wildman–Crippen LogP) is 2.71. The van der Waals surface area contributed by atoms with E-state index < -0.39 is 0 Å². The Kier molecular flexibility index (Phi) is 4.67. The molecule has 0 aliphatic carbocycles. The van der Waals surface area contributed by atoms with Crippen molar-refractivity contribution in [3.63, 3.8) is 0 Å². The highest BCUT2D eigenvalue weighted by Crippen LogP contribution is 2.23. The largest absolute Gasteiger partial charge is 0.342 e. The first-order chi connectivity index (χ1) is 13.3. The number of aromatic nitrogens is 4.